The lowest BCUT2D eigenvalue weighted by atomic mass is 10.3. The molecule has 0 saturated heterocycles. The van der Waals surface area contributed by atoms with Crippen molar-refractivity contribution in [2.24, 2.45) is 10.9 Å². The van der Waals surface area contributed by atoms with Crippen molar-refractivity contribution in [3.8, 4) is 0 Å². The number of hydrogen-bond donors (Lipinski definition) is 2. The molecule has 2 rings (SSSR count). The Kier molecular flexibility index (Phi) is 2.94. The molecule has 0 aliphatic rings. The fraction of sp³-hybridized carbons (Fsp3) is 0.200. The SMILES string of the molecule is NCCON=Cc1cc2ccncc2[nH]1. The van der Waals surface area contributed by atoms with Gasteiger partial charge in [0.2, 0.25) is 0 Å². The van der Waals surface area contributed by atoms with Gasteiger partial charge in [-0.15, -0.1) is 0 Å². The highest BCUT2D eigenvalue weighted by molar-refractivity contribution is 5.88. The fourth-order valence-corrected chi connectivity index (χ4v) is 1.26. The van der Waals surface area contributed by atoms with E-state index < -0.39 is 0 Å². The van der Waals surface area contributed by atoms with Gasteiger partial charge in [0, 0.05) is 18.1 Å². The van der Waals surface area contributed by atoms with Gasteiger partial charge < -0.3 is 15.6 Å². The average molecular weight is 204 g/mol. The smallest absolute Gasteiger partial charge is 0.129 e. The molecule has 2 aromatic rings. The van der Waals surface area contributed by atoms with Gasteiger partial charge in [0.05, 0.1) is 23.6 Å². The summed E-state index contributed by atoms with van der Waals surface area (Å²) < 4.78 is 0. The van der Waals surface area contributed by atoms with Gasteiger partial charge in [-0.1, -0.05) is 5.16 Å². The Hall–Kier alpha value is -1.88. The Morgan fingerprint density at radius 3 is 3.33 bits per heavy atom. The van der Waals surface area contributed by atoms with E-state index >= 15 is 0 Å². The molecule has 0 aliphatic heterocycles. The summed E-state index contributed by atoms with van der Waals surface area (Å²) in [6.45, 7) is 0.895. The van der Waals surface area contributed by atoms with Crippen molar-refractivity contribution in [3.63, 3.8) is 0 Å². The first-order chi connectivity index (χ1) is 7.40. The van der Waals surface area contributed by atoms with Crippen molar-refractivity contribution in [1.82, 2.24) is 9.97 Å². The minimum Gasteiger partial charge on any atom is -0.394 e. The first-order valence-corrected chi connectivity index (χ1v) is 4.68. The standard InChI is InChI=1S/C10H12N4O/c11-2-4-15-13-6-9-5-8-1-3-12-7-10(8)14-9/h1,3,5-7,14H,2,4,11H2. The van der Waals surface area contributed by atoms with Crippen LogP contribution in [0.15, 0.2) is 29.7 Å². The molecule has 5 nitrogen and oxygen atoms in total. The van der Waals surface area contributed by atoms with E-state index in [0.29, 0.717) is 13.2 Å². The summed E-state index contributed by atoms with van der Waals surface area (Å²) in [5, 5.41) is 4.87. The van der Waals surface area contributed by atoms with Crippen LogP contribution in [0.3, 0.4) is 0 Å². The topological polar surface area (TPSA) is 76.3 Å². The summed E-state index contributed by atoms with van der Waals surface area (Å²) in [6, 6.07) is 3.91. The van der Waals surface area contributed by atoms with Crippen LogP contribution in [0.25, 0.3) is 10.9 Å². The molecule has 3 N–H and O–H groups in total. The number of hydrogen-bond acceptors (Lipinski definition) is 4. The van der Waals surface area contributed by atoms with E-state index in [4.69, 9.17) is 10.6 Å². The first kappa shape index (κ1) is 9.67. The number of nitrogens with one attached hydrogen (secondary N) is 1. The molecule has 2 heterocycles. The monoisotopic (exact) mass is 204 g/mol. The largest absolute Gasteiger partial charge is 0.394 e. The van der Waals surface area contributed by atoms with Gasteiger partial charge in [-0.2, -0.15) is 0 Å². The summed E-state index contributed by atoms with van der Waals surface area (Å²) in [4.78, 5) is 12.1. The number of pyridine rings is 1. The highest BCUT2D eigenvalue weighted by Crippen LogP contribution is 2.11. The second-order valence-corrected chi connectivity index (χ2v) is 3.04. The van der Waals surface area contributed by atoms with Crippen molar-refractivity contribution in [2.45, 2.75) is 0 Å². The van der Waals surface area contributed by atoms with E-state index in [9.17, 15) is 0 Å². The van der Waals surface area contributed by atoms with E-state index in [2.05, 4.69) is 15.1 Å². The van der Waals surface area contributed by atoms with Crippen molar-refractivity contribution < 1.29 is 4.84 Å². The van der Waals surface area contributed by atoms with Gasteiger partial charge in [-0.3, -0.25) is 4.98 Å². The van der Waals surface area contributed by atoms with Gasteiger partial charge >= 0.3 is 0 Å². The maximum atomic E-state index is 5.25. The zero-order valence-electron chi connectivity index (χ0n) is 8.18. The van der Waals surface area contributed by atoms with Crippen LogP contribution in [0.2, 0.25) is 0 Å². The zero-order chi connectivity index (χ0) is 10.5. The van der Waals surface area contributed by atoms with Crippen LogP contribution in [-0.4, -0.2) is 29.3 Å². The van der Waals surface area contributed by atoms with Gasteiger partial charge in [0.25, 0.3) is 0 Å². The molecular weight excluding hydrogens is 192 g/mol. The summed E-state index contributed by atoms with van der Waals surface area (Å²) in [7, 11) is 0. The predicted molar refractivity (Wildman–Crippen MR) is 58.7 cm³/mol. The number of aromatic nitrogens is 2. The molecule has 0 atom stereocenters. The normalized spacial score (nSPS) is 11.3. The van der Waals surface area contributed by atoms with E-state index in [-0.39, 0.29) is 0 Å². The third-order valence-corrected chi connectivity index (χ3v) is 1.92. The van der Waals surface area contributed by atoms with E-state index in [0.717, 1.165) is 16.6 Å². The molecule has 0 unspecified atom stereocenters. The third kappa shape index (κ3) is 2.32. The third-order valence-electron chi connectivity index (χ3n) is 1.92. The van der Waals surface area contributed by atoms with E-state index in [1.165, 1.54) is 0 Å². The van der Waals surface area contributed by atoms with E-state index in [1.807, 2.05) is 12.1 Å². The minimum atomic E-state index is 0.429. The van der Waals surface area contributed by atoms with Gasteiger partial charge in [0.15, 0.2) is 0 Å². The number of rotatable bonds is 4. The fourth-order valence-electron chi connectivity index (χ4n) is 1.26. The predicted octanol–water partition coefficient (Wildman–Crippen LogP) is 0.872. The van der Waals surface area contributed by atoms with Gasteiger partial charge in [0.1, 0.15) is 6.61 Å². The van der Waals surface area contributed by atoms with Crippen molar-refractivity contribution in [1.29, 1.82) is 0 Å². The van der Waals surface area contributed by atoms with Crippen LogP contribution in [-0.2, 0) is 4.84 Å². The Bertz CT molecular complexity index is 430. The highest BCUT2D eigenvalue weighted by atomic mass is 16.6. The molecule has 0 saturated carbocycles. The van der Waals surface area contributed by atoms with Gasteiger partial charge in [-0.25, -0.2) is 0 Å². The number of nitrogens with two attached hydrogens (primary N) is 1. The number of nitrogens with zero attached hydrogens (tertiary/aromatic N) is 2. The molecule has 0 aromatic carbocycles. The summed E-state index contributed by atoms with van der Waals surface area (Å²) in [6.07, 6.45) is 5.14. The Labute approximate surface area is 86.9 Å². The summed E-state index contributed by atoms with van der Waals surface area (Å²) >= 11 is 0. The highest BCUT2D eigenvalue weighted by Gasteiger charge is 1.96. The van der Waals surface area contributed by atoms with Crippen LogP contribution in [0, 0.1) is 0 Å². The number of aromatic amines is 1. The molecule has 0 radical (unpaired) electrons. The lowest BCUT2D eigenvalue weighted by molar-refractivity contribution is 0.154. The molecule has 0 amide bonds. The molecule has 15 heavy (non-hydrogen) atoms. The maximum absolute atomic E-state index is 5.25. The number of H-pyrrole nitrogens is 1. The van der Waals surface area contributed by atoms with Crippen LogP contribution < -0.4 is 5.73 Å². The Balaban J connectivity index is 2.12. The minimum absolute atomic E-state index is 0.429. The second-order valence-electron chi connectivity index (χ2n) is 3.04. The van der Waals surface area contributed by atoms with E-state index in [1.54, 1.807) is 18.6 Å². The van der Waals surface area contributed by atoms with Crippen LogP contribution in [0.5, 0.6) is 0 Å². The molecule has 5 heteroatoms. The van der Waals surface area contributed by atoms with Crippen LogP contribution in [0.4, 0.5) is 0 Å². The van der Waals surface area contributed by atoms with Gasteiger partial charge in [-0.05, 0) is 12.1 Å². The molecule has 0 spiro atoms. The lowest BCUT2D eigenvalue weighted by Crippen LogP contribution is -2.05. The molecule has 78 valence electrons. The molecule has 2 aromatic heterocycles. The lowest BCUT2D eigenvalue weighted by Gasteiger charge is -1.92. The Morgan fingerprint density at radius 2 is 2.53 bits per heavy atom. The summed E-state index contributed by atoms with van der Waals surface area (Å²) in [5.74, 6) is 0. The Morgan fingerprint density at radius 1 is 1.60 bits per heavy atom. The van der Waals surface area contributed by atoms with Crippen molar-refractivity contribution in [3.05, 3.63) is 30.2 Å². The molecule has 0 fully saturated rings. The number of oxime groups is 1. The first-order valence-electron chi connectivity index (χ1n) is 4.68. The second kappa shape index (κ2) is 4.56. The molecular formula is C10H12N4O. The van der Waals surface area contributed by atoms with Crippen molar-refractivity contribution in [2.75, 3.05) is 13.2 Å². The summed E-state index contributed by atoms with van der Waals surface area (Å²) in [5.41, 5.74) is 7.12. The average Bonchev–Trinajstić information content (AvgIpc) is 2.67. The quantitative estimate of drug-likeness (QED) is 0.441. The maximum Gasteiger partial charge on any atom is 0.129 e. The molecule has 0 bridgehead atoms. The zero-order valence-corrected chi connectivity index (χ0v) is 8.18. The number of fused-ring (bicyclic) bond motifs is 1. The molecule has 0 aliphatic carbocycles. The van der Waals surface area contributed by atoms with Crippen LogP contribution in [0.1, 0.15) is 5.69 Å². The van der Waals surface area contributed by atoms with Crippen LogP contribution >= 0.6 is 0 Å². The van der Waals surface area contributed by atoms with Crippen molar-refractivity contribution >= 4 is 17.1 Å².